The lowest BCUT2D eigenvalue weighted by atomic mass is 10.2. The van der Waals surface area contributed by atoms with Crippen LogP contribution in [0.3, 0.4) is 0 Å². The van der Waals surface area contributed by atoms with Crippen LogP contribution < -0.4 is 4.74 Å². The number of hydrogen-bond donors (Lipinski definition) is 1. The Morgan fingerprint density at radius 3 is 3.06 bits per heavy atom. The van der Waals surface area contributed by atoms with Gasteiger partial charge in [-0.05, 0) is 24.3 Å². The van der Waals surface area contributed by atoms with Crippen molar-refractivity contribution in [1.29, 1.82) is 0 Å². The minimum absolute atomic E-state index is 0.734. The van der Waals surface area contributed by atoms with Gasteiger partial charge in [-0.1, -0.05) is 0 Å². The maximum atomic E-state index is 5.66. The van der Waals surface area contributed by atoms with E-state index in [9.17, 15) is 0 Å². The van der Waals surface area contributed by atoms with Crippen LogP contribution in [0, 0.1) is 6.07 Å². The summed E-state index contributed by atoms with van der Waals surface area (Å²) in [6.07, 6.45) is 5.19. The zero-order valence-electron chi connectivity index (χ0n) is 8.47. The van der Waals surface area contributed by atoms with Gasteiger partial charge in [0, 0.05) is 35.4 Å². The molecule has 0 bridgehead atoms. The first-order valence-corrected chi connectivity index (χ1v) is 4.98. The monoisotopic (exact) mass is 209 g/mol. The molecule has 0 aliphatic carbocycles. The standard InChI is InChI=1S/C13H9N2O/c1-2-12(9-14-6-1)16-11-4-3-10-5-7-15-13(10)8-11/h1-4,6-9,15H. The molecule has 0 saturated heterocycles. The second kappa shape index (κ2) is 3.70. The molecule has 2 heterocycles. The number of nitrogens with zero attached hydrogens (tertiary/aromatic N) is 1. The molecule has 1 aromatic carbocycles. The molecule has 0 fully saturated rings. The van der Waals surface area contributed by atoms with Gasteiger partial charge in [0.2, 0.25) is 0 Å². The predicted octanol–water partition coefficient (Wildman–Crippen LogP) is 3.16. The quantitative estimate of drug-likeness (QED) is 0.704. The smallest absolute Gasteiger partial charge is 0.145 e. The van der Waals surface area contributed by atoms with E-state index in [0.717, 1.165) is 22.4 Å². The second-order valence-corrected chi connectivity index (χ2v) is 3.43. The largest absolute Gasteiger partial charge is 0.456 e. The molecule has 1 radical (unpaired) electrons. The Bertz CT molecular complexity index is 601. The number of rotatable bonds is 2. The zero-order valence-corrected chi connectivity index (χ0v) is 8.47. The summed E-state index contributed by atoms with van der Waals surface area (Å²) in [5.74, 6) is 1.52. The lowest BCUT2D eigenvalue weighted by Crippen LogP contribution is -1.84. The lowest BCUT2D eigenvalue weighted by molar-refractivity contribution is 0.481. The van der Waals surface area contributed by atoms with E-state index in [2.05, 4.69) is 16.0 Å². The molecular weight excluding hydrogens is 200 g/mol. The first kappa shape index (κ1) is 8.97. The van der Waals surface area contributed by atoms with E-state index in [1.165, 1.54) is 0 Å². The Morgan fingerprint density at radius 1 is 1.19 bits per heavy atom. The van der Waals surface area contributed by atoms with Crippen LogP contribution >= 0.6 is 0 Å². The zero-order chi connectivity index (χ0) is 10.8. The summed E-state index contributed by atoms with van der Waals surface area (Å²) in [7, 11) is 0. The van der Waals surface area contributed by atoms with Crippen LogP contribution in [0.1, 0.15) is 0 Å². The fraction of sp³-hybridized carbons (Fsp3) is 0. The number of fused-ring (bicyclic) bond motifs is 1. The normalized spacial score (nSPS) is 10.5. The Morgan fingerprint density at radius 2 is 2.19 bits per heavy atom. The topological polar surface area (TPSA) is 37.9 Å². The number of aromatic nitrogens is 2. The minimum Gasteiger partial charge on any atom is -0.456 e. The molecule has 0 atom stereocenters. The van der Waals surface area contributed by atoms with Gasteiger partial charge in [0.25, 0.3) is 0 Å². The molecule has 3 heteroatoms. The summed E-state index contributed by atoms with van der Waals surface area (Å²) in [6, 6.07) is 12.6. The molecule has 16 heavy (non-hydrogen) atoms. The van der Waals surface area contributed by atoms with Crippen molar-refractivity contribution in [2.75, 3.05) is 0 Å². The van der Waals surface area contributed by atoms with Gasteiger partial charge >= 0.3 is 0 Å². The Balaban J connectivity index is 1.94. The van der Waals surface area contributed by atoms with E-state index >= 15 is 0 Å². The van der Waals surface area contributed by atoms with E-state index in [1.807, 2.05) is 30.3 Å². The van der Waals surface area contributed by atoms with Gasteiger partial charge < -0.3 is 9.72 Å². The third kappa shape index (κ3) is 1.63. The number of aromatic amines is 1. The van der Waals surface area contributed by atoms with Crippen molar-refractivity contribution in [1.82, 2.24) is 9.97 Å². The molecular formula is C13H9N2O. The van der Waals surface area contributed by atoms with Gasteiger partial charge in [0.1, 0.15) is 11.5 Å². The Labute approximate surface area is 92.7 Å². The minimum atomic E-state index is 0.734. The van der Waals surface area contributed by atoms with Crippen molar-refractivity contribution in [2.45, 2.75) is 0 Å². The van der Waals surface area contributed by atoms with Gasteiger partial charge in [-0.15, -0.1) is 0 Å². The average Bonchev–Trinajstić information content (AvgIpc) is 2.77. The highest BCUT2D eigenvalue weighted by molar-refractivity contribution is 5.80. The summed E-state index contributed by atoms with van der Waals surface area (Å²) in [4.78, 5) is 7.09. The maximum absolute atomic E-state index is 5.66. The van der Waals surface area contributed by atoms with Crippen molar-refractivity contribution in [3.05, 3.63) is 55.0 Å². The summed E-state index contributed by atoms with van der Waals surface area (Å²) in [6.45, 7) is 0. The van der Waals surface area contributed by atoms with Crippen LogP contribution in [-0.4, -0.2) is 9.97 Å². The number of ether oxygens (including phenoxy) is 1. The fourth-order valence-corrected chi connectivity index (χ4v) is 1.57. The third-order valence-electron chi connectivity index (χ3n) is 2.32. The SMILES string of the molecule is [c]1c[nH]c2cc(Oc3cccnc3)ccc12. The molecule has 0 aliphatic heterocycles. The molecule has 3 aromatic rings. The van der Waals surface area contributed by atoms with E-state index in [-0.39, 0.29) is 0 Å². The number of pyridine rings is 1. The molecule has 0 spiro atoms. The molecule has 0 amide bonds. The highest BCUT2D eigenvalue weighted by atomic mass is 16.5. The molecule has 1 N–H and O–H groups in total. The Hall–Kier alpha value is -2.29. The summed E-state index contributed by atoms with van der Waals surface area (Å²) in [5.41, 5.74) is 1.02. The van der Waals surface area contributed by atoms with Crippen molar-refractivity contribution >= 4 is 10.9 Å². The van der Waals surface area contributed by atoms with Crippen molar-refractivity contribution in [3.63, 3.8) is 0 Å². The third-order valence-corrected chi connectivity index (χ3v) is 2.32. The van der Waals surface area contributed by atoms with Gasteiger partial charge in [-0.3, -0.25) is 4.98 Å². The Kier molecular flexibility index (Phi) is 2.07. The van der Waals surface area contributed by atoms with Gasteiger partial charge in [-0.2, -0.15) is 0 Å². The summed E-state index contributed by atoms with van der Waals surface area (Å²) >= 11 is 0. The van der Waals surface area contributed by atoms with Gasteiger partial charge in [0.05, 0.1) is 6.20 Å². The average molecular weight is 209 g/mol. The first-order valence-electron chi connectivity index (χ1n) is 4.98. The summed E-state index contributed by atoms with van der Waals surface area (Å²) in [5, 5.41) is 1.05. The van der Waals surface area contributed by atoms with Crippen molar-refractivity contribution in [2.24, 2.45) is 0 Å². The van der Waals surface area contributed by atoms with Crippen LogP contribution in [0.15, 0.2) is 48.9 Å². The maximum Gasteiger partial charge on any atom is 0.145 e. The fourth-order valence-electron chi connectivity index (χ4n) is 1.57. The number of nitrogens with one attached hydrogen (secondary N) is 1. The highest BCUT2D eigenvalue weighted by Gasteiger charge is 1.99. The molecule has 3 rings (SSSR count). The number of benzene rings is 1. The molecule has 3 nitrogen and oxygen atoms in total. The summed E-state index contributed by atoms with van der Waals surface area (Å²) < 4.78 is 5.66. The van der Waals surface area contributed by atoms with E-state index in [0.29, 0.717) is 0 Å². The van der Waals surface area contributed by atoms with E-state index in [1.54, 1.807) is 18.6 Å². The van der Waals surface area contributed by atoms with Crippen LogP contribution in [0.5, 0.6) is 11.5 Å². The number of H-pyrrole nitrogens is 1. The van der Waals surface area contributed by atoms with E-state index in [4.69, 9.17) is 4.74 Å². The van der Waals surface area contributed by atoms with Gasteiger partial charge in [-0.25, -0.2) is 0 Å². The van der Waals surface area contributed by atoms with Crippen molar-refractivity contribution < 1.29 is 4.74 Å². The molecule has 0 aliphatic rings. The first-order chi connectivity index (χ1) is 7.92. The van der Waals surface area contributed by atoms with Gasteiger partial charge in [0.15, 0.2) is 0 Å². The highest BCUT2D eigenvalue weighted by Crippen LogP contribution is 2.23. The molecule has 0 unspecified atom stereocenters. The second-order valence-electron chi connectivity index (χ2n) is 3.43. The van der Waals surface area contributed by atoms with E-state index < -0.39 is 0 Å². The number of hydrogen-bond acceptors (Lipinski definition) is 2. The van der Waals surface area contributed by atoms with Crippen molar-refractivity contribution in [3.8, 4) is 11.5 Å². The van der Waals surface area contributed by atoms with Crippen LogP contribution in [0.4, 0.5) is 0 Å². The van der Waals surface area contributed by atoms with Crippen LogP contribution in [0.25, 0.3) is 10.9 Å². The van der Waals surface area contributed by atoms with Crippen LogP contribution in [0.2, 0.25) is 0 Å². The molecule has 0 saturated carbocycles. The molecule has 2 aromatic heterocycles. The lowest BCUT2D eigenvalue weighted by Gasteiger charge is -2.04. The van der Waals surface area contributed by atoms with Crippen LogP contribution in [-0.2, 0) is 0 Å². The molecule has 77 valence electrons. The predicted molar refractivity (Wildman–Crippen MR) is 61.4 cm³/mol.